The highest BCUT2D eigenvalue weighted by atomic mass is 32.2. The Morgan fingerprint density at radius 1 is 1.10 bits per heavy atom. The predicted octanol–water partition coefficient (Wildman–Crippen LogP) is 0.391. The first-order valence-electron chi connectivity index (χ1n) is 6.82. The summed E-state index contributed by atoms with van der Waals surface area (Å²) >= 11 is 0. The Balaban J connectivity index is 1.87. The van der Waals surface area contributed by atoms with Gasteiger partial charge in [0, 0.05) is 32.7 Å². The third kappa shape index (κ3) is 4.80. The van der Waals surface area contributed by atoms with Crippen molar-refractivity contribution in [3.63, 3.8) is 0 Å². The Kier molecular flexibility index (Phi) is 4.97. The lowest BCUT2D eigenvalue weighted by atomic mass is 10.1. The van der Waals surface area contributed by atoms with Crippen LogP contribution in [0.3, 0.4) is 0 Å². The van der Waals surface area contributed by atoms with Crippen molar-refractivity contribution in [1.29, 1.82) is 0 Å². The molecule has 0 bridgehead atoms. The van der Waals surface area contributed by atoms with E-state index < -0.39 is 16.0 Å². The number of sulfonamides is 1. The number of carbonyl (C=O) groups is 1. The van der Waals surface area contributed by atoms with Gasteiger partial charge in [0.15, 0.2) is 0 Å². The van der Waals surface area contributed by atoms with Crippen LogP contribution in [0.4, 0.5) is 0 Å². The highest BCUT2D eigenvalue weighted by Gasteiger charge is 2.23. The fourth-order valence-electron chi connectivity index (χ4n) is 2.41. The van der Waals surface area contributed by atoms with E-state index in [1.165, 1.54) is 10.6 Å². The van der Waals surface area contributed by atoms with Crippen molar-refractivity contribution in [3.8, 4) is 0 Å². The summed E-state index contributed by atoms with van der Waals surface area (Å²) in [6, 6.07) is 7.52. The fraction of sp³-hybridized carbons (Fsp3) is 0.500. The zero-order chi connectivity index (χ0) is 15.5. The molecule has 0 saturated carbocycles. The molecule has 0 atom stereocenters. The van der Waals surface area contributed by atoms with Crippen LogP contribution in [0.5, 0.6) is 0 Å². The van der Waals surface area contributed by atoms with Crippen molar-refractivity contribution in [1.82, 2.24) is 9.21 Å². The number of aliphatic carboxylic acids is 1. The van der Waals surface area contributed by atoms with Crippen molar-refractivity contribution < 1.29 is 18.3 Å². The largest absolute Gasteiger partial charge is 0.481 e. The number of piperazine rings is 1. The van der Waals surface area contributed by atoms with Gasteiger partial charge in [0.05, 0.1) is 12.7 Å². The number of hydrogen-bond acceptors (Lipinski definition) is 4. The third-order valence-corrected chi connectivity index (χ3v) is 4.89. The van der Waals surface area contributed by atoms with E-state index in [0.717, 1.165) is 17.7 Å². The highest BCUT2D eigenvalue weighted by molar-refractivity contribution is 7.88. The summed E-state index contributed by atoms with van der Waals surface area (Å²) in [5.74, 6) is -0.834. The van der Waals surface area contributed by atoms with Gasteiger partial charge in [0.1, 0.15) is 0 Å². The molecule has 6 nitrogen and oxygen atoms in total. The lowest BCUT2D eigenvalue weighted by molar-refractivity contribution is -0.136. The summed E-state index contributed by atoms with van der Waals surface area (Å²) in [6.45, 7) is 3.23. The van der Waals surface area contributed by atoms with E-state index in [0.29, 0.717) is 26.2 Å². The second-order valence-electron chi connectivity index (χ2n) is 5.33. The van der Waals surface area contributed by atoms with Crippen LogP contribution in [0.15, 0.2) is 24.3 Å². The topological polar surface area (TPSA) is 77.9 Å². The molecule has 0 amide bonds. The summed E-state index contributed by atoms with van der Waals surface area (Å²) in [5.41, 5.74) is 1.89. The maximum atomic E-state index is 11.4. The number of carboxylic acid groups (broad SMARTS) is 1. The van der Waals surface area contributed by atoms with Crippen molar-refractivity contribution in [2.45, 2.75) is 13.0 Å². The fourth-order valence-corrected chi connectivity index (χ4v) is 3.24. The van der Waals surface area contributed by atoms with Crippen LogP contribution in [0.2, 0.25) is 0 Å². The van der Waals surface area contributed by atoms with E-state index in [-0.39, 0.29) is 6.42 Å². The van der Waals surface area contributed by atoms with Crippen molar-refractivity contribution in [2.24, 2.45) is 0 Å². The van der Waals surface area contributed by atoms with E-state index in [1.54, 1.807) is 0 Å². The Morgan fingerprint density at radius 3 is 2.10 bits per heavy atom. The average Bonchev–Trinajstić information content (AvgIpc) is 2.40. The molecule has 0 radical (unpaired) electrons. The molecule has 2 rings (SSSR count). The van der Waals surface area contributed by atoms with Crippen LogP contribution in [-0.2, 0) is 27.8 Å². The van der Waals surface area contributed by atoms with E-state index in [9.17, 15) is 13.2 Å². The first kappa shape index (κ1) is 15.9. The summed E-state index contributed by atoms with van der Waals surface area (Å²) in [6.07, 6.45) is 1.27. The summed E-state index contributed by atoms with van der Waals surface area (Å²) < 4.78 is 24.4. The molecule has 0 unspecified atom stereocenters. The molecule has 1 heterocycles. The molecular formula is C14H20N2O4S. The Labute approximate surface area is 125 Å². The standard InChI is InChI=1S/C14H20N2O4S/c1-21(19,20)16-8-6-15(7-9-16)11-13-4-2-12(3-5-13)10-14(17)18/h2-5H,6-11H2,1H3,(H,17,18). The van der Waals surface area contributed by atoms with E-state index >= 15 is 0 Å². The second kappa shape index (κ2) is 6.55. The van der Waals surface area contributed by atoms with Crippen LogP contribution in [0.25, 0.3) is 0 Å². The Hall–Kier alpha value is -1.44. The molecule has 0 spiro atoms. The summed E-state index contributed by atoms with van der Waals surface area (Å²) in [4.78, 5) is 12.8. The normalized spacial score (nSPS) is 17.8. The van der Waals surface area contributed by atoms with E-state index in [1.807, 2.05) is 24.3 Å². The molecule has 7 heteroatoms. The third-order valence-electron chi connectivity index (χ3n) is 3.58. The molecule has 1 aromatic rings. The molecule has 1 saturated heterocycles. The predicted molar refractivity (Wildman–Crippen MR) is 79.5 cm³/mol. The van der Waals surface area contributed by atoms with Crippen molar-refractivity contribution >= 4 is 16.0 Å². The number of rotatable bonds is 5. The van der Waals surface area contributed by atoms with Gasteiger partial charge >= 0.3 is 5.97 Å². The zero-order valence-corrected chi connectivity index (χ0v) is 12.8. The van der Waals surface area contributed by atoms with E-state index in [4.69, 9.17) is 5.11 Å². The van der Waals surface area contributed by atoms with Crippen LogP contribution < -0.4 is 0 Å². The van der Waals surface area contributed by atoms with Crippen LogP contribution >= 0.6 is 0 Å². The van der Waals surface area contributed by atoms with Gasteiger partial charge in [-0.15, -0.1) is 0 Å². The number of benzene rings is 1. The molecular weight excluding hydrogens is 292 g/mol. The number of hydrogen-bond donors (Lipinski definition) is 1. The molecule has 1 aliphatic heterocycles. The van der Waals surface area contributed by atoms with Crippen molar-refractivity contribution in [3.05, 3.63) is 35.4 Å². The van der Waals surface area contributed by atoms with Crippen LogP contribution in [0, 0.1) is 0 Å². The molecule has 21 heavy (non-hydrogen) atoms. The van der Waals surface area contributed by atoms with E-state index in [2.05, 4.69) is 4.90 Å². The summed E-state index contributed by atoms with van der Waals surface area (Å²) in [7, 11) is -3.09. The molecule has 1 aromatic carbocycles. The Morgan fingerprint density at radius 2 is 1.62 bits per heavy atom. The monoisotopic (exact) mass is 312 g/mol. The second-order valence-corrected chi connectivity index (χ2v) is 7.31. The smallest absolute Gasteiger partial charge is 0.307 e. The van der Waals surface area contributed by atoms with Gasteiger partial charge in [-0.1, -0.05) is 24.3 Å². The van der Waals surface area contributed by atoms with Crippen LogP contribution in [-0.4, -0.2) is 61.1 Å². The molecule has 0 aromatic heterocycles. The lowest BCUT2D eigenvalue weighted by Gasteiger charge is -2.33. The minimum Gasteiger partial charge on any atom is -0.481 e. The minimum atomic E-state index is -3.09. The minimum absolute atomic E-state index is 0.0350. The average molecular weight is 312 g/mol. The Bertz CT molecular complexity index is 590. The van der Waals surface area contributed by atoms with Crippen molar-refractivity contribution in [2.75, 3.05) is 32.4 Å². The quantitative estimate of drug-likeness (QED) is 0.851. The molecule has 116 valence electrons. The first-order chi connectivity index (χ1) is 9.84. The van der Waals surface area contributed by atoms with Gasteiger partial charge in [-0.05, 0) is 11.1 Å². The van der Waals surface area contributed by atoms with Gasteiger partial charge in [0.2, 0.25) is 10.0 Å². The number of nitrogens with zero attached hydrogens (tertiary/aromatic N) is 2. The lowest BCUT2D eigenvalue weighted by Crippen LogP contribution is -2.47. The highest BCUT2D eigenvalue weighted by Crippen LogP contribution is 2.12. The molecule has 0 aliphatic carbocycles. The van der Waals surface area contributed by atoms with Gasteiger partial charge in [-0.3, -0.25) is 9.69 Å². The van der Waals surface area contributed by atoms with Gasteiger partial charge in [-0.25, -0.2) is 8.42 Å². The van der Waals surface area contributed by atoms with Crippen LogP contribution in [0.1, 0.15) is 11.1 Å². The van der Waals surface area contributed by atoms with Gasteiger partial charge < -0.3 is 5.11 Å². The first-order valence-corrected chi connectivity index (χ1v) is 8.66. The molecule has 1 fully saturated rings. The van der Waals surface area contributed by atoms with Gasteiger partial charge in [-0.2, -0.15) is 4.31 Å². The molecule has 1 N–H and O–H groups in total. The maximum absolute atomic E-state index is 11.4. The van der Waals surface area contributed by atoms with Gasteiger partial charge in [0.25, 0.3) is 0 Å². The SMILES string of the molecule is CS(=O)(=O)N1CCN(Cc2ccc(CC(=O)O)cc2)CC1. The summed E-state index contributed by atoms with van der Waals surface area (Å²) in [5, 5.41) is 8.73. The molecule has 1 aliphatic rings. The number of carboxylic acids is 1. The zero-order valence-electron chi connectivity index (χ0n) is 12.0. The maximum Gasteiger partial charge on any atom is 0.307 e.